The summed E-state index contributed by atoms with van der Waals surface area (Å²) >= 11 is 0. The number of carboxylic acid groups (broad SMARTS) is 1. The second-order valence-electron chi connectivity index (χ2n) is 12.1. The van der Waals surface area contributed by atoms with Gasteiger partial charge in [0.15, 0.2) is 0 Å². The summed E-state index contributed by atoms with van der Waals surface area (Å²) in [6.45, 7) is 5.07. The number of likely N-dealkylation sites (N-methyl/N-ethyl adjacent to an activating group) is 1. The van der Waals surface area contributed by atoms with Crippen molar-refractivity contribution >= 4 is 40.9 Å². The molecule has 1 atom stereocenters. The molecule has 3 rings (SSSR count). The van der Waals surface area contributed by atoms with Crippen molar-refractivity contribution in [3.05, 3.63) is 36.0 Å². The summed E-state index contributed by atoms with van der Waals surface area (Å²) in [6.07, 6.45) is 2.17. The van der Waals surface area contributed by atoms with Gasteiger partial charge in [0, 0.05) is 76.8 Å². The van der Waals surface area contributed by atoms with Crippen molar-refractivity contribution in [2.45, 2.75) is 70.6 Å². The summed E-state index contributed by atoms with van der Waals surface area (Å²) in [5.41, 5.74) is 5.34. The number of hydrogen-bond donors (Lipinski definition) is 2. The maximum Gasteiger partial charge on any atom is 0.305 e. The first kappa shape index (κ1) is 38.6. The summed E-state index contributed by atoms with van der Waals surface area (Å²) < 4.78 is 13.1. The minimum absolute atomic E-state index is 0.00208. The fourth-order valence-electron chi connectivity index (χ4n) is 5.78. The van der Waals surface area contributed by atoms with Gasteiger partial charge in [0.2, 0.25) is 17.7 Å². The van der Waals surface area contributed by atoms with Gasteiger partial charge in [-0.05, 0) is 44.3 Å². The molecule has 0 saturated carbocycles. The lowest BCUT2D eigenvalue weighted by Gasteiger charge is -2.39. The lowest BCUT2D eigenvalue weighted by Crippen LogP contribution is -2.50. The van der Waals surface area contributed by atoms with Gasteiger partial charge >= 0.3 is 5.97 Å². The molecule has 0 bridgehead atoms. The molecule has 1 aliphatic rings. The van der Waals surface area contributed by atoms with E-state index in [1.165, 1.54) is 4.90 Å². The van der Waals surface area contributed by atoms with E-state index in [1.807, 2.05) is 36.1 Å². The van der Waals surface area contributed by atoms with Crippen molar-refractivity contribution in [2.24, 2.45) is 0 Å². The number of nitrogens with zero attached hydrogens (tertiary/aromatic N) is 5. The number of aliphatic carboxylic acids is 1. The van der Waals surface area contributed by atoms with Crippen molar-refractivity contribution in [1.29, 1.82) is 0 Å². The highest BCUT2D eigenvalue weighted by molar-refractivity contribution is 5.85. The zero-order chi connectivity index (χ0) is 35.1. The molecule has 3 amide bonds. The first-order valence-corrected chi connectivity index (χ1v) is 16.7. The fraction of sp³-hybridized carbons (Fsp3) is 0.618. The summed E-state index contributed by atoms with van der Waals surface area (Å²) in [5.74, 6) is -1.32. The number of aldehydes is 1. The highest BCUT2D eigenvalue weighted by atomic mass is 16.5. The van der Waals surface area contributed by atoms with Gasteiger partial charge in [-0.15, -0.1) is 0 Å². The van der Waals surface area contributed by atoms with Gasteiger partial charge in [-0.25, -0.2) is 5.01 Å². The first-order chi connectivity index (χ1) is 23.0. The minimum Gasteiger partial charge on any atom is -0.481 e. The van der Waals surface area contributed by atoms with Crippen LogP contribution in [-0.2, 0) is 46.5 Å². The van der Waals surface area contributed by atoms with Crippen LogP contribution in [0.2, 0.25) is 0 Å². The van der Waals surface area contributed by atoms with E-state index in [-0.39, 0.29) is 69.5 Å². The minimum atomic E-state index is -0.931. The van der Waals surface area contributed by atoms with E-state index in [2.05, 4.69) is 28.2 Å². The highest BCUT2D eigenvalue weighted by Crippen LogP contribution is 2.23. The second kappa shape index (κ2) is 19.8. The monoisotopic (exact) mass is 672 g/mol. The average Bonchev–Trinajstić information content (AvgIpc) is 3.44. The van der Waals surface area contributed by atoms with Crippen LogP contribution in [0.3, 0.4) is 0 Å². The van der Waals surface area contributed by atoms with Crippen molar-refractivity contribution in [3.63, 3.8) is 0 Å². The Balaban J connectivity index is 1.56. The predicted octanol–water partition coefficient (Wildman–Crippen LogP) is 1.75. The molecule has 1 aromatic carbocycles. The topological polar surface area (TPSA) is 154 Å². The number of nitrogens with one attached hydrogen (secondary N) is 1. The van der Waals surface area contributed by atoms with E-state index in [9.17, 15) is 24.0 Å². The van der Waals surface area contributed by atoms with Crippen molar-refractivity contribution in [3.8, 4) is 0 Å². The van der Waals surface area contributed by atoms with Crippen molar-refractivity contribution in [2.75, 3.05) is 67.2 Å². The number of carbonyl (C=O) groups excluding carboxylic acids is 4. The maximum absolute atomic E-state index is 13.4. The van der Waals surface area contributed by atoms with E-state index >= 15 is 0 Å². The lowest BCUT2D eigenvalue weighted by molar-refractivity contribution is -0.141. The number of rotatable bonds is 21. The largest absolute Gasteiger partial charge is 0.481 e. The molecule has 2 aromatic rings. The molecule has 48 heavy (non-hydrogen) atoms. The van der Waals surface area contributed by atoms with Crippen LogP contribution < -0.4 is 5.43 Å². The highest BCUT2D eigenvalue weighted by Gasteiger charge is 2.30. The molecule has 0 radical (unpaired) electrons. The number of para-hydroxylation sites is 1. The van der Waals surface area contributed by atoms with Gasteiger partial charge < -0.3 is 38.6 Å². The molecule has 1 aliphatic heterocycles. The molecule has 266 valence electrons. The van der Waals surface area contributed by atoms with Crippen LogP contribution in [0.1, 0.15) is 51.1 Å². The normalized spacial score (nSPS) is 14.3. The van der Waals surface area contributed by atoms with Gasteiger partial charge in [0.05, 0.1) is 45.4 Å². The van der Waals surface area contributed by atoms with E-state index in [1.54, 1.807) is 18.9 Å². The number of carboxylic acids is 1. The van der Waals surface area contributed by atoms with Gasteiger partial charge in [-0.3, -0.25) is 24.6 Å². The number of aromatic nitrogens is 1. The standard InChI is InChI=1S/C34H52N6O8/c1-26(25-41)37(4)31(42)9-10-33(44)40(18-20-48-22-21-47-19-14-34(45)46)28-11-15-38(16-12-28)32(43)13-17-39-29(24-36(3)35-2)23-27-7-5-6-8-30(27)39/h5-8,23,25-26,28,35H,9-22,24H2,1-4H3,(H,45,46). The molecule has 14 nitrogen and oxygen atoms in total. The van der Waals surface area contributed by atoms with Crippen LogP contribution in [0, 0.1) is 0 Å². The first-order valence-electron chi connectivity index (χ1n) is 16.7. The number of amides is 3. The lowest BCUT2D eigenvalue weighted by atomic mass is 10.0. The summed E-state index contributed by atoms with van der Waals surface area (Å²) in [5, 5.41) is 11.8. The number of aryl methyl sites for hydroxylation is 1. The average molecular weight is 673 g/mol. The third-order valence-electron chi connectivity index (χ3n) is 8.87. The van der Waals surface area contributed by atoms with Crippen LogP contribution in [-0.4, -0.2) is 139 Å². The Hall–Kier alpha value is -3.85. The number of piperidine rings is 1. The number of fused-ring (bicyclic) bond motifs is 1. The zero-order valence-electron chi connectivity index (χ0n) is 28.8. The third-order valence-corrected chi connectivity index (χ3v) is 8.87. The molecule has 2 heterocycles. The van der Waals surface area contributed by atoms with Crippen LogP contribution in [0.15, 0.2) is 30.3 Å². The Morgan fingerprint density at radius 1 is 0.979 bits per heavy atom. The predicted molar refractivity (Wildman–Crippen MR) is 180 cm³/mol. The Morgan fingerprint density at radius 2 is 1.65 bits per heavy atom. The van der Waals surface area contributed by atoms with E-state index in [4.69, 9.17) is 14.6 Å². The number of likely N-dealkylation sites (tertiary alicyclic amines) is 1. The van der Waals surface area contributed by atoms with Gasteiger partial charge in [0.25, 0.3) is 0 Å². The molecule has 0 aliphatic carbocycles. The van der Waals surface area contributed by atoms with Gasteiger partial charge in [0.1, 0.15) is 6.29 Å². The maximum atomic E-state index is 13.4. The van der Waals surface area contributed by atoms with Gasteiger partial charge in [-0.1, -0.05) is 18.2 Å². The molecular formula is C34H52N6O8. The molecule has 1 aromatic heterocycles. The van der Waals surface area contributed by atoms with Crippen LogP contribution >= 0.6 is 0 Å². The molecule has 0 spiro atoms. The Bertz CT molecular complexity index is 1360. The Labute approximate surface area is 282 Å². The van der Waals surface area contributed by atoms with Crippen molar-refractivity contribution in [1.82, 2.24) is 29.7 Å². The number of hydrogen-bond acceptors (Lipinski definition) is 9. The van der Waals surface area contributed by atoms with Crippen LogP contribution in [0.25, 0.3) is 10.9 Å². The Morgan fingerprint density at radius 3 is 2.31 bits per heavy atom. The molecule has 1 unspecified atom stereocenters. The Kier molecular flexibility index (Phi) is 16.0. The third kappa shape index (κ3) is 11.7. The number of ether oxygens (including phenoxy) is 2. The number of carbonyl (C=O) groups is 5. The molecule has 1 saturated heterocycles. The van der Waals surface area contributed by atoms with E-state index in [0.29, 0.717) is 58.3 Å². The SMILES string of the molecule is CNN(C)Cc1cc2ccccc2n1CCC(=O)N1CCC(N(CCOCCOCCC(=O)O)C(=O)CCC(=O)N(C)C(C)C=O)CC1. The van der Waals surface area contributed by atoms with Crippen LogP contribution in [0.4, 0.5) is 0 Å². The second-order valence-corrected chi connectivity index (χ2v) is 12.1. The smallest absolute Gasteiger partial charge is 0.305 e. The summed E-state index contributed by atoms with van der Waals surface area (Å²) in [6, 6.07) is 9.64. The molecule has 1 fully saturated rings. The quantitative estimate of drug-likeness (QED) is 0.114. The summed E-state index contributed by atoms with van der Waals surface area (Å²) in [7, 11) is 5.39. The number of hydrazine groups is 1. The van der Waals surface area contributed by atoms with E-state index in [0.717, 1.165) is 16.6 Å². The van der Waals surface area contributed by atoms with Crippen LogP contribution in [0.5, 0.6) is 0 Å². The van der Waals surface area contributed by atoms with Crippen molar-refractivity contribution < 1.29 is 38.6 Å². The fourth-order valence-corrected chi connectivity index (χ4v) is 5.78. The molecular weight excluding hydrogens is 620 g/mol. The van der Waals surface area contributed by atoms with E-state index < -0.39 is 12.0 Å². The molecule has 2 N–H and O–H groups in total. The zero-order valence-corrected chi connectivity index (χ0v) is 28.8. The molecule has 14 heteroatoms. The summed E-state index contributed by atoms with van der Waals surface area (Å²) in [4.78, 5) is 66.1. The number of benzene rings is 1. The van der Waals surface area contributed by atoms with Gasteiger partial charge in [-0.2, -0.15) is 0 Å².